The van der Waals surface area contributed by atoms with Crippen LogP contribution in [-0.2, 0) is 11.3 Å². The molecule has 0 radical (unpaired) electrons. The number of amides is 1. The summed E-state index contributed by atoms with van der Waals surface area (Å²) >= 11 is 4.95. The molecule has 0 bridgehead atoms. The van der Waals surface area contributed by atoms with Gasteiger partial charge in [0.1, 0.15) is 10.8 Å². The first-order valence-corrected chi connectivity index (χ1v) is 6.76. The van der Waals surface area contributed by atoms with Crippen LogP contribution in [0, 0.1) is 5.82 Å². The number of hydrogen-bond acceptors (Lipinski definition) is 3. The number of rotatable bonds is 6. The standard InChI is InChI=1S/C14H20FN3OS/c1-4-18(9-13(19)17(2)3)8-10-5-6-11(15)7-12(10)14(16)20/h5-7H,4,8-9H2,1-3H3,(H2,16,20). The van der Waals surface area contributed by atoms with Gasteiger partial charge in [0.2, 0.25) is 5.91 Å². The summed E-state index contributed by atoms with van der Waals surface area (Å²) in [4.78, 5) is 15.4. The van der Waals surface area contributed by atoms with E-state index in [1.54, 1.807) is 25.1 Å². The van der Waals surface area contributed by atoms with Gasteiger partial charge in [0.05, 0.1) is 6.54 Å². The maximum Gasteiger partial charge on any atom is 0.236 e. The highest BCUT2D eigenvalue weighted by atomic mass is 32.1. The van der Waals surface area contributed by atoms with Crippen molar-refractivity contribution in [3.63, 3.8) is 0 Å². The summed E-state index contributed by atoms with van der Waals surface area (Å²) < 4.78 is 13.3. The normalized spacial score (nSPS) is 10.7. The molecule has 0 saturated carbocycles. The SMILES string of the molecule is CCN(CC(=O)N(C)C)Cc1ccc(F)cc1C(N)=S. The van der Waals surface area contributed by atoms with E-state index in [9.17, 15) is 9.18 Å². The van der Waals surface area contributed by atoms with Crippen LogP contribution < -0.4 is 5.73 Å². The number of nitrogens with zero attached hydrogens (tertiary/aromatic N) is 2. The second kappa shape index (κ2) is 7.31. The van der Waals surface area contributed by atoms with Gasteiger partial charge in [-0.15, -0.1) is 0 Å². The lowest BCUT2D eigenvalue weighted by molar-refractivity contribution is -0.130. The molecule has 0 saturated heterocycles. The summed E-state index contributed by atoms with van der Waals surface area (Å²) in [7, 11) is 3.43. The molecule has 110 valence electrons. The topological polar surface area (TPSA) is 49.6 Å². The maximum atomic E-state index is 13.3. The highest BCUT2D eigenvalue weighted by molar-refractivity contribution is 7.80. The smallest absolute Gasteiger partial charge is 0.236 e. The van der Waals surface area contributed by atoms with Crippen molar-refractivity contribution in [3.05, 3.63) is 35.1 Å². The van der Waals surface area contributed by atoms with Crippen molar-refractivity contribution in [2.45, 2.75) is 13.5 Å². The van der Waals surface area contributed by atoms with Gasteiger partial charge in [0.15, 0.2) is 0 Å². The lowest BCUT2D eigenvalue weighted by atomic mass is 10.1. The lowest BCUT2D eigenvalue weighted by Crippen LogP contribution is -2.36. The van der Waals surface area contributed by atoms with E-state index in [0.29, 0.717) is 25.2 Å². The van der Waals surface area contributed by atoms with Crippen molar-refractivity contribution in [2.75, 3.05) is 27.2 Å². The molecule has 0 aromatic heterocycles. The Kier molecular flexibility index (Phi) is 6.04. The van der Waals surface area contributed by atoms with Gasteiger partial charge in [-0.1, -0.05) is 25.2 Å². The zero-order valence-electron chi connectivity index (χ0n) is 12.0. The number of hydrogen-bond donors (Lipinski definition) is 1. The predicted octanol–water partition coefficient (Wildman–Crippen LogP) is 1.37. The van der Waals surface area contributed by atoms with Crippen LogP contribution in [0.3, 0.4) is 0 Å². The van der Waals surface area contributed by atoms with Crippen LogP contribution in [0.4, 0.5) is 4.39 Å². The van der Waals surface area contributed by atoms with Crippen molar-refractivity contribution in [2.24, 2.45) is 5.73 Å². The van der Waals surface area contributed by atoms with Gasteiger partial charge >= 0.3 is 0 Å². The van der Waals surface area contributed by atoms with Gasteiger partial charge in [-0.25, -0.2) is 4.39 Å². The Morgan fingerprint density at radius 2 is 2.05 bits per heavy atom. The minimum absolute atomic E-state index is 0.0193. The molecule has 0 unspecified atom stereocenters. The van der Waals surface area contributed by atoms with E-state index in [1.165, 1.54) is 12.1 Å². The maximum absolute atomic E-state index is 13.3. The van der Waals surface area contributed by atoms with Gasteiger partial charge in [-0.2, -0.15) is 0 Å². The van der Waals surface area contributed by atoms with Gasteiger partial charge in [-0.3, -0.25) is 9.69 Å². The molecule has 0 atom stereocenters. The quantitative estimate of drug-likeness (QED) is 0.806. The predicted molar refractivity (Wildman–Crippen MR) is 81.9 cm³/mol. The molecule has 0 aliphatic heterocycles. The molecule has 1 aromatic rings. The minimum atomic E-state index is -0.371. The molecule has 6 heteroatoms. The third-order valence-corrected chi connectivity index (χ3v) is 3.26. The number of carbonyl (C=O) groups excluding carboxylic acids is 1. The second-order valence-electron chi connectivity index (χ2n) is 4.76. The lowest BCUT2D eigenvalue weighted by Gasteiger charge is -2.23. The van der Waals surface area contributed by atoms with E-state index < -0.39 is 0 Å². The molecule has 0 fully saturated rings. The van der Waals surface area contributed by atoms with Crippen molar-refractivity contribution < 1.29 is 9.18 Å². The Morgan fingerprint density at radius 1 is 1.40 bits per heavy atom. The first-order valence-electron chi connectivity index (χ1n) is 6.35. The number of nitrogens with two attached hydrogens (primary N) is 1. The highest BCUT2D eigenvalue weighted by Gasteiger charge is 2.14. The number of halogens is 1. The van der Waals surface area contributed by atoms with Crippen molar-refractivity contribution in [1.82, 2.24) is 9.80 Å². The molecule has 4 nitrogen and oxygen atoms in total. The molecule has 0 spiro atoms. The Labute approximate surface area is 124 Å². The Hall–Kier alpha value is -1.53. The molecule has 0 heterocycles. The number of carbonyl (C=O) groups is 1. The largest absolute Gasteiger partial charge is 0.389 e. The average Bonchev–Trinajstić information content (AvgIpc) is 2.39. The third kappa shape index (κ3) is 4.54. The Morgan fingerprint density at radius 3 is 2.55 bits per heavy atom. The molecular weight excluding hydrogens is 277 g/mol. The number of benzene rings is 1. The van der Waals surface area contributed by atoms with E-state index in [1.807, 2.05) is 11.8 Å². The summed E-state index contributed by atoms with van der Waals surface area (Å²) in [6, 6.07) is 4.37. The number of likely N-dealkylation sites (N-methyl/N-ethyl adjacent to an activating group) is 2. The molecule has 2 N–H and O–H groups in total. The average molecular weight is 297 g/mol. The molecule has 0 aliphatic carbocycles. The zero-order chi connectivity index (χ0) is 15.3. The third-order valence-electron chi connectivity index (χ3n) is 3.04. The van der Waals surface area contributed by atoms with E-state index in [2.05, 4.69) is 0 Å². The van der Waals surface area contributed by atoms with Crippen LogP contribution in [0.25, 0.3) is 0 Å². The highest BCUT2D eigenvalue weighted by Crippen LogP contribution is 2.14. The fourth-order valence-electron chi connectivity index (χ4n) is 1.77. The summed E-state index contributed by atoms with van der Waals surface area (Å²) in [5.74, 6) is -0.352. The molecule has 1 amide bonds. The Balaban J connectivity index is 2.90. The van der Waals surface area contributed by atoms with Crippen LogP contribution in [0.2, 0.25) is 0 Å². The molecule has 1 rings (SSSR count). The molecule has 1 aromatic carbocycles. The van der Waals surface area contributed by atoms with Gasteiger partial charge < -0.3 is 10.6 Å². The van der Waals surface area contributed by atoms with Gasteiger partial charge in [0.25, 0.3) is 0 Å². The van der Waals surface area contributed by atoms with Crippen LogP contribution in [-0.4, -0.2) is 47.9 Å². The Bertz CT molecular complexity index is 505. The molecule has 20 heavy (non-hydrogen) atoms. The first-order chi connectivity index (χ1) is 9.35. The van der Waals surface area contributed by atoms with Crippen molar-refractivity contribution >= 4 is 23.1 Å². The van der Waals surface area contributed by atoms with Crippen LogP contribution in [0.15, 0.2) is 18.2 Å². The summed E-state index contributed by atoms with van der Waals surface area (Å²) in [5, 5.41) is 0. The summed E-state index contributed by atoms with van der Waals surface area (Å²) in [6.07, 6.45) is 0. The molecular formula is C14H20FN3OS. The van der Waals surface area contributed by atoms with E-state index in [4.69, 9.17) is 18.0 Å². The minimum Gasteiger partial charge on any atom is -0.389 e. The number of thiocarbonyl (C=S) groups is 1. The van der Waals surface area contributed by atoms with Crippen molar-refractivity contribution in [3.8, 4) is 0 Å². The van der Waals surface area contributed by atoms with Gasteiger partial charge in [0, 0.05) is 26.2 Å². The van der Waals surface area contributed by atoms with E-state index in [-0.39, 0.29) is 16.7 Å². The van der Waals surface area contributed by atoms with Crippen molar-refractivity contribution in [1.29, 1.82) is 0 Å². The van der Waals surface area contributed by atoms with Crippen LogP contribution in [0.1, 0.15) is 18.1 Å². The fraction of sp³-hybridized carbons (Fsp3) is 0.429. The summed E-state index contributed by atoms with van der Waals surface area (Å²) in [5.41, 5.74) is 6.97. The zero-order valence-corrected chi connectivity index (χ0v) is 12.8. The first kappa shape index (κ1) is 16.5. The van der Waals surface area contributed by atoms with Crippen LogP contribution in [0.5, 0.6) is 0 Å². The second-order valence-corrected chi connectivity index (χ2v) is 5.20. The monoisotopic (exact) mass is 297 g/mol. The summed E-state index contributed by atoms with van der Waals surface area (Å²) in [6.45, 7) is 3.47. The van der Waals surface area contributed by atoms with E-state index >= 15 is 0 Å². The van der Waals surface area contributed by atoms with Gasteiger partial charge in [-0.05, 0) is 24.2 Å². The molecule has 0 aliphatic rings. The van der Waals surface area contributed by atoms with E-state index in [0.717, 1.165) is 5.56 Å². The van der Waals surface area contributed by atoms with Crippen LogP contribution >= 0.6 is 12.2 Å². The fourth-order valence-corrected chi connectivity index (χ4v) is 1.96.